The van der Waals surface area contributed by atoms with E-state index in [0.717, 1.165) is 4.70 Å². The van der Waals surface area contributed by atoms with E-state index in [4.69, 9.17) is 0 Å². The van der Waals surface area contributed by atoms with Crippen molar-refractivity contribution < 1.29 is 4.92 Å². The second-order valence-corrected chi connectivity index (χ2v) is 5.72. The molecular weight excluding hydrogens is 318 g/mol. The number of benzene rings is 1. The Hall–Kier alpha value is -3.20. The van der Waals surface area contributed by atoms with Gasteiger partial charge in [0.05, 0.1) is 15.3 Å². The maximum Gasteiger partial charge on any atom is 0.352 e. The standard InChI is InChI=1S/C14H7N5O3S/c20-14-17-11-10(23-13-12(11)15-5-6-16-13)7-18(14)8-1-3-9(4-2-8)19(21)22/h1-7H. The summed E-state index contributed by atoms with van der Waals surface area (Å²) in [5, 5.41) is 10.7. The number of nitro benzene ring substituents is 1. The van der Waals surface area contributed by atoms with E-state index in [-0.39, 0.29) is 5.69 Å². The van der Waals surface area contributed by atoms with Crippen LogP contribution < -0.4 is 5.69 Å². The highest BCUT2D eigenvalue weighted by Gasteiger charge is 2.12. The van der Waals surface area contributed by atoms with Crippen molar-refractivity contribution in [2.24, 2.45) is 0 Å². The van der Waals surface area contributed by atoms with Gasteiger partial charge in [0.25, 0.3) is 5.69 Å². The van der Waals surface area contributed by atoms with Crippen molar-refractivity contribution in [3.05, 3.63) is 63.5 Å². The molecule has 23 heavy (non-hydrogen) atoms. The van der Waals surface area contributed by atoms with E-state index in [0.29, 0.717) is 21.6 Å². The second kappa shape index (κ2) is 4.92. The fraction of sp³-hybridized carbons (Fsp3) is 0. The molecule has 112 valence electrons. The lowest BCUT2D eigenvalue weighted by Gasteiger charge is -2.04. The third-order valence-electron chi connectivity index (χ3n) is 3.33. The van der Waals surface area contributed by atoms with E-state index >= 15 is 0 Å². The molecule has 1 aromatic carbocycles. The molecule has 3 aromatic heterocycles. The number of nitrogens with zero attached hydrogens (tertiary/aromatic N) is 5. The van der Waals surface area contributed by atoms with Crippen LogP contribution in [0.2, 0.25) is 0 Å². The molecule has 4 rings (SSSR count). The first-order valence-corrected chi connectivity index (χ1v) is 7.33. The van der Waals surface area contributed by atoms with Gasteiger partial charge in [-0.2, -0.15) is 4.98 Å². The van der Waals surface area contributed by atoms with Crippen LogP contribution in [0.3, 0.4) is 0 Å². The predicted molar refractivity (Wildman–Crippen MR) is 85.0 cm³/mol. The van der Waals surface area contributed by atoms with Gasteiger partial charge in [0.2, 0.25) is 0 Å². The van der Waals surface area contributed by atoms with Crippen LogP contribution in [0.15, 0.2) is 47.7 Å². The zero-order valence-electron chi connectivity index (χ0n) is 11.4. The summed E-state index contributed by atoms with van der Waals surface area (Å²) in [6.07, 6.45) is 4.79. The fourth-order valence-corrected chi connectivity index (χ4v) is 3.23. The highest BCUT2D eigenvalue weighted by molar-refractivity contribution is 7.25. The topological polar surface area (TPSA) is 104 Å². The Kier molecular flexibility index (Phi) is 2.88. The molecule has 0 radical (unpaired) electrons. The number of fused-ring (bicyclic) bond motifs is 3. The second-order valence-electron chi connectivity index (χ2n) is 4.69. The Labute approximate surface area is 131 Å². The molecule has 0 fully saturated rings. The van der Waals surface area contributed by atoms with E-state index in [1.165, 1.54) is 40.2 Å². The molecule has 0 saturated carbocycles. The van der Waals surface area contributed by atoms with Crippen molar-refractivity contribution in [3.8, 4) is 5.69 Å². The van der Waals surface area contributed by atoms with Gasteiger partial charge in [-0.05, 0) is 12.1 Å². The Morgan fingerprint density at radius 2 is 1.83 bits per heavy atom. The monoisotopic (exact) mass is 325 g/mol. The minimum absolute atomic E-state index is 0.0360. The van der Waals surface area contributed by atoms with E-state index in [9.17, 15) is 14.9 Å². The summed E-state index contributed by atoms with van der Waals surface area (Å²) in [6.45, 7) is 0. The van der Waals surface area contributed by atoms with Crippen LogP contribution in [0.1, 0.15) is 0 Å². The molecule has 0 unspecified atom stereocenters. The summed E-state index contributed by atoms with van der Waals surface area (Å²) in [5.41, 5.74) is 1.11. The molecule has 0 saturated heterocycles. The highest BCUT2D eigenvalue weighted by atomic mass is 32.1. The summed E-state index contributed by atoms with van der Waals surface area (Å²) in [5.74, 6) is 0. The summed E-state index contributed by atoms with van der Waals surface area (Å²) in [7, 11) is 0. The highest BCUT2D eigenvalue weighted by Crippen LogP contribution is 2.28. The van der Waals surface area contributed by atoms with Crippen molar-refractivity contribution in [1.82, 2.24) is 19.5 Å². The van der Waals surface area contributed by atoms with Crippen molar-refractivity contribution >= 4 is 37.6 Å². The third kappa shape index (κ3) is 2.14. The van der Waals surface area contributed by atoms with Gasteiger partial charge in [0.15, 0.2) is 0 Å². The molecule has 0 aliphatic carbocycles. The van der Waals surface area contributed by atoms with Crippen molar-refractivity contribution in [2.75, 3.05) is 0 Å². The number of nitro groups is 1. The van der Waals surface area contributed by atoms with Gasteiger partial charge in [0.1, 0.15) is 15.9 Å². The number of aromatic nitrogens is 4. The van der Waals surface area contributed by atoms with Gasteiger partial charge in [-0.25, -0.2) is 14.8 Å². The van der Waals surface area contributed by atoms with Crippen LogP contribution in [-0.2, 0) is 0 Å². The number of non-ortho nitro benzene ring substituents is 1. The third-order valence-corrected chi connectivity index (χ3v) is 4.34. The van der Waals surface area contributed by atoms with Crippen molar-refractivity contribution in [2.45, 2.75) is 0 Å². The zero-order valence-corrected chi connectivity index (χ0v) is 12.2. The Morgan fingerprint density at radius 3 is 2.57 bits per heavy atom. The smallest absolute Gasteiger partial charge is 0.266 e. The van der Waals surface area contributed by atoms with Crippen LogP contribution in [0.25, 0.3) is 26.3 Å². The fourth-order valence-electron chi connectivity index (χ4n) is 2.27. The van der Waals surface area contributed by atoms with Crippen LogP contribution in [0.4, 0.5) is 5.69 Å². The first kappa shape index (κ1) is 13.5. The minimum Gasteiger partial charge on any atom is -0.266 e. The molecule has 0 atom stereocenters. The molecule has 0 bridgehead atoms. The van der Waals surface area contributed by atoms with E-state index in [1.54, 1.807) is 18.6 Å². The first-order chi connectivity index (χ1) is 11.1. The summed E-state index contributed by atoms with van der Waals surface area (Å²) >= 11 is 1.38. The predicted octanol–water partition coefficient (Wildman–Crippen LogP) is 2.30. The molecule has 0 aliphatic rings. The minimum atomic E-state index is -0.489. The molecule has 0 amide bonds. The molecule has 0 N–H and O–H groups in total. The van der Waals surface area contributed by atoms with E-state index in [2.05, 4.69) is 15.0 Å². The molecule has 9 heteroatoms. The van der Waals surface area contributed by atoms with Crippen LogP contribution in [-0.4, -0.2) is 24.4 Å². The summed E-state index contributed by atoms with van der Waals surface area (Å²) < 4.78 is 2.12. The maximum absolute atomic E-state index is 12.3. The average molecular weight is 325 g/mol. The Bertz CT molecular complexity index is 1120. The van der Waals surface area contributed by atoms with E-state index < -0.39 is 10.6 Å². The first-order valence-electron chi connectivity index (χ1n) is 6.51. The van der Waals surface area contributed by atoms with E-state index in [1.807, 2.05) is 0 Å². The van der Waals surface area contributed by atoms with Crippen LogP contribution in [0, 0.1) is 10.1 Å². The summed E-state index contributed by atoms with van der Waals surface area (Å²) in [6, 6.07) is 5.72. The molecular formula is C14H7N5O3S. The molecule has 3 heterocycles. The van der Waals surface area contributed by atoms with Gasteiger partial charge in [-0.15, -0.1) is 11.3 Å². The lowest BCUT2D eigenvalue weighted by Crippen LogP contribution is -2.20. The molecule has 8 nitrogen and oxygen atoms in total. The van der Waals surface area contributed by atoms with Crippen LogP contribution in [0.5, 0.6) is 0 Å². The van der Waals surface area contributed by atoms with Gasteiger partial charge in [-0.1, -0.05) is 0 Å². The molecule has 4 aromatic rings. The Balaban J connectivity index is 1.93. The maximum atomic E-state index is 12.3. The molecule has 0 aliphatic heterocycles. The number of rotatable bonds is 2. The van der Waals surface area contributed by atoms with Gasteiger partial charge < -0.3 is 0 Å². The number of thiophene rings is 1. The lowest BCUT2D eigenvalue weighted by atomic mass is 10.3. The number of hydrogen-bond donors (Lipinski definition) is 0. The van der Waals surface area contributed by atoms with Crippen LogP contribution >= 0.6 is 11.3 Å². The largest absolute Gasteiger partial charge is 0.352 e. The summed E-state index contributed by atoms with van der Waals surface area (Å²) in [4.78, 5) is 35.7. The SMILES string of the molecule is O=c1nc2c(cn1-c1ccc([N+](=O)[O-])cc1)sc1nccnc12. The molecule has 0 spiro atoms. The quantitative estimate of drug-likeness (QED) is 0.414. The normalized spacial score (nSPS) is 11.1. The Morgan fingerprint density at radius 1 is 1.09 bits per heavy atom. The van der Waals surface area contributed by atoms with Gasteiger partial charge in [-0.3, -0.25) is 14.7 Å². The average Bonchev–Trinajstić information content (AvgIpc) is 2.92. The van der Waals surface area contributed by atoms with Crippen molar-refractivity contribution in [1.29, 1.82) is 0 Å². The zero-order chi connectivity index (χ0) is 16.0. The van der Waals surface area contributed by atoms with Gasteiger partial charge >= 0.3 is 5.69 Å². The lowest BCUT2D eigenvalue weighted by molar-refractivity contribution is -0.384. The number of hydrogen-bond acceptors (Lipinski definition) is 7. The van der Waals surface area contributed by atoms with Gasteiger partial charge in [0, 0.05) is 30.7 Å². The van der Waals surface area contributed by atoms with Crippen molar-refractivity contribution in [3.63, 3.8) is 0 Å².